The Balaban J connectivity index is 2.54. The topological polar surface area (TPSA) is 34.1 Å². The first-order chi connectivity index (χ1) is 6.93. The van der Waals surface area contributed by atoms with E-state index in [1.807, 2.05) is 0 Å². The Morgan fingerprint density at radius 1 is 1.27 bits per heavy atom. The molecule has 82 valence electrons. The molecule has 0 amide bonds. The number of aryl methyl sites for hydroxylation is 1. The number of halogens is 1. The lowest BCUT2D eigenvalue weighted by Gasteiger charge is -2.07. The van der Waals surface area contributed by atoms with Crippen LogP contribution in [0.25, 0.3) is 0 Å². The van der Waals surface area contributed by atoms with Crippen molar-refractivity contribution in [2.24, 2.45) is 0 Å². The highest BCUT2D eigenvalue weighted by Crippen LogP contribution is 2.34. The van der Waals surface area contributed by atoms with Crippen LogP contribution in [-0.2, 0) is 9.84 Å². The van der Waals surface area contributed by atoms with E-state index in [1.54, 1.807) is 19.9 Å². The van der Waals surface area contributed by atoms with Crippen LogP contribution in [0.1, 0.15) is 24.0 Å². The van der Waals surface area contributed by atoms with Gasteiger partial charge in [-0.3, -0.25) is 0 Å². The summed E-state index contributed by atoms with van der Waals surface area (Å²) in [6, 6.07) is 2.70. The first-order valence-electron chi connectivity index (χ1n) is 4.93. The van der Waals surface area contributed by atoms with Crippen LogP contribution in [0, 0.1) is 19.7 Å². The van der Waals surface area contributed by atoms with Crippen LogP contribution in [0.5, 0.6) is 0 Å². The van der Waals surface area contributed by atoms with E-state index < -0.39 is 15.7 Å². The van der Waals surface area contributed by atoms with Crippen molar-refractivity contribution in [2.75, 3.05) is 0 Å². The Kier molecular flexibility index (Phi) is 2.34. The minimum atomic E-state index is -3.27. The molecule has 0 radical (unpaired) electrons. The van der Waals surface area contributed by atoms with Crippen molar-refractivity contribution in [2.45, 2.75) is 36.8 Å². The summed E-state index contributed by atoms with van der Waals surface area (Å²) in [5, 5.41) is -0.279. The third kappa shape index (κ3) is 1.78. The number of benzene rings is 1. The van der Waals surface area contributed by atoms with Crippen LogP contribution in [0.3, 0.4) is 0 Å². The minimum absolute atomic E-state index is 0.130. The summed E-state index contributed by atoms with van der Waals surface area (Å²) in [5.41, 5.74) is 1.21. The molecular weight excluding hydrogens is 215 g/mol. The molecule has 1 saturated carbocycles. The summed E-state index contributed by atoms with van der Waals surface area (Å²) in [6.45, 7) is 3.38. The van der Waals surface area contributed by atoms with Gasteiger partial charge in [-0.1, -0.05) is 0 Å². The molecule has 2 rings (SSSR count). The summed E-state index contributed by atoms with van der Waals surface area (Å²) in [4.78, 5) is 0.130. The molecule has 0 N–H and O–H groups in total. The fraction of sp³-hybridized carbons (Fsp3) is 0.455. The van der Waals surface area contributed by atoms with E-state index in [9.17, 15) is 12.8 Å². The lowest BCUT2D eigenvalue weighted by molar-refractivity contribution is 0.587. The Morgan fingerprint density at radius 3 is 2.33 bits per heavy atom. The summed E-state index contributed by atoms with van der Waals surface area (Å²) in [7, 11) is -3.27. The van der Waals surface area contributed by atoms with Crippen LogP contribution in [0.4, 0.5) is 4.39 Å². The molecule has 0 unspecified atom stereocenters. The van der Waals surface area contributed by atoms with Gasteiger partial charge >= 0.3 is 0 Å². The molecule has 0 aromatic heterocycles. The summed E-state index contributed by atoms with van der Waals surface area (Å²) in [5.74, 6) is -0.436. The lowest BCUT2D eigenvalue weighted by Crippen LogP contribution is -2.08. The zero-order chi connectivity index (χ0) is 11.2. The third-order valence-electron chi connectivity index (χ3n) is 2.87. The molecule has 0 spiro atoms. The lowest BCUT2D eigenvalue weighted by atomic mass is 10.1. The maximum absolute atomic E-state index is 13.4. The highest BCUT2D eigenvalue weighted by atomic mass is 32.2. The summed E-state index contributed by atoms with van der Waals surface area (Å²) >= 11 is 0. The SMILES string of the molecule is Cc1cc(S(=O)(=O)C2CC2)cc(F)c1C. The maximum atomic E-state index is 13.4. The maximum Gasteiger partial charge on any atom is 0.181 e. The van der Waals surface area contributed by atoms with Crippen molar-refractivity contribution in [3.05, 3.63) is 29.1 Å². The van der Waals surface area contributed by atoms with E-state index in [2.05, 4.69) is 0 Å². The van der Waals surface area contributed by atoms with E-state index in [1.165, 1.54) is 0 Å². The quantitative estimate of drug-likeness (QED) is 0.778. The van der Waals surface area contributed by atoms with Gasteiger partial charge in [0.2, 0.25) is 0 Å². The highest BCUT2D eigenvalue weighted by Gasteiger charge is 2.37. The van der Waals surface area contributed by atoms with Crippen LogP contribution in [-0.4, -0.2) is 13.7 Å². The van der Waals surface area contributed by atoms with E-state index in [4.69, 9.17) is 0 Å². The second-order valence-corrected chi connectivity index (χ2v) is 6.32. The summed E-state index contributed by atoms with van der Waals surface area (Å²) < 4.78 is 37.1. The standard InChI is InChI=1S/C11H13FO2S/c1-7-5-10(6-11(12)8(7)2)15(13,14)9-3-4-9/h5-6,9H,3-4H2,1-2H3. The molecule has 0 saturated heterocycles. The molecule has 0 heterocycles. The van der Waals surface area contributed by atoms with Crippen LogP contribution >= 0.6 is 0 Å². The average Bonchev–Trinajstić information content (AvgIpc) is 2.96. The smallest absolute Gasteiger partial charge is 0.181 e. The molecule has 1 aliphatic carbocycles. The van der Waals surface area contributed by atoms with Gasteiger partial charge in [0, 0.05) is 0 Å². The molecule has 0 atom stereocenters. The van der Waals surface area contributed by atoms with Crippen molar-refractivity contribution < 1.29 is 12.8 Å². The fourth-order valence-electron chi connectivity index (χ4n) is 1.52. The zero-order valence-corrected chi connectivity index (χ0v) is 9.57. The molecule has 4 heteroatoms. The Hall–Kier alpha value is -0.900. The van der Waals surface area contributed by atoms with Crippen molar-refractivity contribution >= 4 is 9.84 Å². The Bertz CT molecular complexity index is 478. The highest BCUT2D eigenvalue weighted by molar-refractivity contribution is 7.92. The second kappa shape index (κ2) is 3.30. The van der Waals surface area contributed by atoms with Crippen molar-refractivity contribution in [1.29, 1.82) is 0 Å². The number of hydrogen-bond acceptors (Lipinski definition) is 2. The van der Waals surface area contributed by atoms with Crippen LogP contribution < -0.4 is 0 Å². The van der Waals surface area contributed by atoms with Crippen molar-refractivity contribution in [1.82, 2.24) is 0 Å². The first-order valence-corrected chi connectivity index (χ1v) is 6.48. The third-order valence-corrected chi connectivity index (χ3v) is 5.11. The van der Waals surface area contributed by atoms with E-state index >= 15 is 0 Å². The van der Waals surface area contributed by atoms with Gasteiger partial charge in [-0.15, -0.1) is 0 Å². The molecule has 2 nitrogen and oxygen atoms in total. The monoisotopic (exact) mass is 228 g/mol. The zero-order valence-electron chi connectivity index (χ0n) is 8.75. The van der Waals surface area contributed by atoms with Gasteiger partial charge in [-0.25, -0.2) is 12.8 Å². The van der Waals surface area contributed by atoms with Crippen LogP contribution in [0.15, 0.2) is 17.0 Å². The molecule has 1 fully saturated rings. The van der Waals surface area contributed by atoms with Gasteiger partial charge in [0.25, 0.3) is 0 Å². The second-order valence-electron chi connectivity index (χ2n) is 4.09. The summed E-state index contributed by atoms with van der Waals surface area (Å²) in [6.07, 6.45) is 1.41. The van der Waals surface area contributed by atoms with Crippen LogP contribution in [0.2, 0.25) is 0 Å². The number of hydrogen-bond donors (Lipinski definition) is 0. The van der Waals surface area contributed by atoms with E-state index in [-0.39, 0.29) is 10.1 Å². The molecule has 1 aromatic carbocycles. The Labute approximate surface area is 89.0 Å². The van der Waals surface area contributed by atoms with Gasteiger partial charge in [0.15, 0.2) is 9.84 Å². The largest absolute Gasteiger partial charge is 0.223 e. The van der Waals surface area contributed by atoms with Gasteiger partial charge in [0.05, 0.1) is 10.1 Å². The number of sulfone groups is 1. The predicted molar refractivity (Wildman–Crippen MR) is 56.1 cm³/mol. The predicted octanol–water partition coefficient (Wildman–Crippen LogP) is 2.38. The average molecular weight is 228 g/mol. The van der Waals surface area contributed by atoms with E-state index in [0.717, 1.165) is 6.07 Å². The molecule has 0 aliphatic heterocycles. The molecular formula is C11H13FO2S. The minimum Gasteiger partial charge on any atom is -0.223 e. The van der Waals surface area contributed by atoms with Gasteiger partial charge < -0.3 is 0 Å². The molecule has 1 aromatic rings. The Morgan fingerprint density at radius 2 is 1.87 bits per heavy atom. The van der Waals surface area contributed by atoms with Gasteiger partial charge in [-0.05, 0) is 49.9 Å². The number of rotatable bonds is 2. The van der Waals surface area contributed by atoms with Crippen molar-refractivity contribution in [3.8, 4) is 0 Å². The molecule has 0 bridgehead atoms. The van der Waals surface area contributed by atoms with E-state index in [0.29, 0.717) is 24.0 Å². The normalized spacial score (nSPS) is 16.7. The van der Waals surface area contributed by atoms with Crippen molar-refractivity contribution in [3.63, 3.8) is 0 Å². The molecule has 15 heavy (non-hydrogen) atoms. The fourth-order valence-corrected chi connectivity index (χ4v) is 3.27. The first kappa shape index (κ1) is 10.6. The van der Waals surface area contributed by atoms with Gasteiger partial charge in [0.1, 0.15) is 5.82 Å². The molecule has 1 aliphatic rings. The van der Waals surface area contributed by atoms with Gasteiger partial charge in [-0.2, -0.15) is 0 Å².